The van der Waals surface area contributed by atoms with Gasteiger partial charge in [-0.1, -0.05) is 6.42 Å². The Morgan fingerprint density at radius 1 is 1.40 bits per heavy atom. The molecule has 3 rings (SSSR count). The van der Waals surface area contributed by atoms with Gasteiger partial charge in [0.2, 0.25) is 5.91 Å². The Labute approximate surface area is 119 Å². The normalized spacial score (nSPS) is 22.5. The van der Waals surface area contributed by atoms with E-state index in [1.165, 1.54) is 32.1 Å². The van der Waals surface area contributed by atoms with Gasteiger partial charge in [0.05, 0.1) is 0 Å². The van der Waals surface area contributed by atoms with E-state index in [1.54, 1.807) is 12.3 Å². The molecule has 1 aliphatic heterocycles. The summed E-state index contributed by atoms with van der Waals surface area (Å²) in [4.78, 5) is 18.1. The molecule has 2 aliphatic rings. The number of primary amides is 1. The minimum Gasteiger partial charge on any atom is -0.366 e. The lowest BCUT2D eigenvalue weighted by Gasteiger charge is -2.31. The monoisotopic (exact) mass is 274 g/mol. The summed E-state index contributed by atoms with van der Waals surface area (Å²) in [5.41, 5.74) is 5.90. The Kier molecular flexibility index (Phi) is 3.87. The molecule has 2 heterocycles. The molecule has 0 aromatic carbocycles. The summed E-state index contributed by atoms with van der Waals surface area (Å²) in [5.74, 6) is 0.497. The van der Waals surface area contributed by atoms with Crippen molar-refractivity contribution in [2.75, 3.05) is 18.0 Å². The molecule has 1 saturated heterocycles. The van der Waals surface area contributed by atoms with Crippen LogP contribution in [0.25, 0.3) is 0 Å². The Hall–Kier alpha value is -1.62. The topological polar surface area (TPSA) is 71.2 Å². The second-order valence-corrected chi connectivity index (χ2v) is 5.80. The van der Waals surface area contributed by atoms with Crippen molar-refractivity contribution in [3.05, 3.63) is 23.9 Å². The van der Waals surface area contributed by atoms with Gasteiger partial charge < -0.3 is 16.0 Å². The van der Waals surface area contributed by atoms with Crippen LogP contribution in [0.5, 0.6) is 0 Å². The van der Waals surface area contributed by atoms with Crippen LogP contribution in [0, 0.1) is 0 Å². The first kappa shape index (κ1) is 13.4. The number of nitrogens with two attached hydrogens (primary N) is 1. The third-order valence-corrected chi connectivity index (χ3v) is 4.14. The number of carbonyl (C=O) groups is 1. The van der Waals surface area contributed by atoms with E-state index >= 15 is 0 Å². The molecule has 0 spiro atoms. The maximum atomic E-state index is 11.3. The molecule has 3 N–H and O–H groups in total. The quantitative estimate of drug-likeness (QED) is 0.849. The second kappa shape index (κ2) is 5.79. The highest BCUT2D eigenvalue weighted by Crippen LogP contribution is 2.31. The fourth-order valence-corrected chi connectivity index (χ4v) is 2.86. The van der Waals surface area contributed by atoms with Crippen LogP contribution in [0.4, 0.5) is 5.82 Å². The lowest BCUT2D eigenvalue weighted by atomic mass is 10.0. The van der Waals surface area contributed by atoms with Crippen molar-refractivity contribution in [3.8, 4) is 0 Å². The molecule has 0 bridgehead atoms. The predicted molar refractivity (Wildman–Crippen MR) is 78.8 cm³/mol. The average molecular weight is 274 g/mol. The van der Waals surface area contributed by atoms with Crippen LogP contribution in [0.3, 0.4) is 0 Å². The number of anilines is 1. The molecule has 108 valence electrons. The molecule has 1 amide bonds. The van der Waals surface area contributed by atoms with Crippen molar-refractivity contribution in [1.82, 2.24) is 10.3 Å². The van der Waals surface area contributed by atoms with Crippen molar-refractivity contribution in [3.63, 3.8) is 0 Å². The van der Waals surface area contributed by atoms with E-state index in [1.807, 2.05) is 6.07 Å². The van der Waals surface area contributed by atoms with E-state index in [-0.39, 0.29) is 5.91 Å². The zero-order valence-electron chi connectivity index (χ0n) is 11.7. The van der Waals surface area contributed by atoms with Crippen LogP contribution in [0.15, 0.2) is 18.3 Å². The van der Waals surface area contributed by atoms with Gasteiger partial charge in [-0.15, -0.1) is 0 Å². The van der Waals surface area contributed by atoms with Crippen LogP contribution in [0.2, 0.25) is 0 Å². The molecule has 1 aromatic heterocycles. The number of carbonyl (C=O) groups excluding carboxylic acids is 1. The molecular formula is C15H22N4O. The van der Waals surface area contributed by atoms with E-state index in [2.05, 4.69) is 15.2 Å². The smallest absolute Gasteiger partial charge is 0.248 e. The van der Waals surface area contributed by atoms with E-state index in [0.29, 0.717) is 17.6 Å². The summed E-state index contributed by atoms with van der Waals surface area (Å²) in [6.45, 7) is 2.08. The molecule has 1 atom stereocenters. The molecule has 1 aliphatic carbocycles. The van der Waals surface area contributed by atoms with Crippen molar-refractivity contribution >= 4 is 11.7 Å². The number of amides is 1. The van der Waals surface area contributed by atoms with E-state index in [0.717, 1.165) is 18.9 Å². The number of nitrogens with zero attached hydrogens (tertiary/aromatic N) is 2. The second-order valence-electron chi connectivity index (χ2n) is 5.80. The number of hydrogen-bond donors (Lipinski definition) is 2. The number of pyridine rings is 1. The predicted octanol–water partition coefficient (Wildman–Crippen LogP) is 1.29. The van der Waals surface area contributed by atoms with E-state index in [9.17, 15) is 4.79 Å². The SMILES string of the molecule is NC(=O)c1ccnc(N(CC2CCCCN2)C2CC2)c1. The minimum absolute atomic E-state index is 0.389. The van der Waals surface area contributed by atoms with Crippen molar-refractivity contribution < 1.29 is 4.79 Å². The highest BCUT2D eigenvalue weighted by Gasteiger charge is 2.32. The molecule has 1 unspecified atom stereocenters. The number of rotatable bonds is 5. The van der Waals surface area contributed by atoms with Gasteiger partial charge >= 0.3 is 0 Å². The number of hydrogen-bond acceptors (Lipinski definition) is 4. The summed E-state index contributed by atoms with van der Waals surface area (Å²) in [6, 6.07) is 4.61. The number of aromatic nitrogens is 1. The Bertz CT molecular complexity index is 481. The lowest BCUT2D eigenvalue weighted by Crippen LogP contribution is -2.44. The summed E-state index contributed by atoms with van der Waals surface area (Å²) in [5, 5.41) is 3.58. The van der Waals surface area contributed by atoms with Gasteiger partial charge in [0, 0.05) is 30.4 Å². The Balaban J connectivity index is 1.75. The van der Waals surface area contributed by atoms with Gasteiger partial charge in [-0.05, 0) is 44.4 Å². The Morgan fingerprint density at radius 3 is 2.90 bits per heavy atom. The standard InChI is InChI=1S/C15H22N4O/c16-15(20)11-6-8-18-14(9-11)19(13-4-5-13)10-12-3-1-2-7-17-12/h6,8-9,12-13,17H,1-5,7,10H2,(H2,16,20). The summed E-state index contributed by atoms with van der Waals surface area (Å²) in [7, 11) is 0. The van der Waals surface area contributed by atoms with Crippen molar-refractivity contribution in [2.24, 2.45) is 5.73 Å². The third kappa shape index (κ3) is 3.10. The zero-order valence-corrected chi connectivity index (χ0v) is 11.7. The molecule has 0 radical (unpaired) electrons. The molecule has 5 nitrogen and oxygen atoms in total. The van der Waals surface area contributed by atoms with Crippen molar-refractivity contribution in [2.45, 2.75) is 44.2 Å². The number of nitrogens with one attached hydrogen (secondary N) is 1. The number of piperidine rings is 1. The highest BCUT2D eigenvalue weighted by atomic mass is 16.1. The fraction of sp³-hybridized carbons (Fsp3) is 0.600. The molecule has 5 heteroatoms. The molecule has 20 heavy (non-hydrogen) atoms. The molecule has 1 aromatic rings. The van der Waals surface area contributed by atoms with Crippen LogP contribution in [0.1, 0.15) is 42.5 Å². The van der Waals surface area contributed by atoms with E-state index < -0.39 is 0 Å². The molecular weight excluding hydrogens is 252 g/mol. The van der Waals surface area contributed by atoms with Crippen LogP contribution < -0.4 is 16.0 Å². The fourth-order valence-electron chi connectivity index (χ4n) is 2.86. The van der Waals surface area contributed by atoms with Crippen LogP contribution >= 0.6 is 0 Å². The summed E-state index contributed by atoms with van der Waals surface area (Å²) < 4.78 is 0. The van der Waals surface area contributed by atoms with Gasteiger partial charge in [-0.25, -0.2) is 4.98 Å². The first-order chi connectivity index (χ1) is 9.74. The van der Waals surface area contributed by atoms with Crippen LogP contribution in [-0.4, -0.2) is 36.1 Å². The molecule has 2 fully saturated rings. The largest absolute Gasteiger partial charge is 0.366 e. The van der Waals surface area contributed by atoms with Gasteiger partial charge in [-0.2, -0.15) is 0 Å². The summed E-state index contributed by atoms with van der Waals surface area (Å²) >= 11 is 0. The first-order valence-electron chi connectivity index (χ1n) is 7.50. The van der Waals surface area contributed by atoms with Crippen LogP contribution in [-0.2, 0) is 0 Å². The first-order valence-corrected chi connectivity index (χ1v) is 7.50. The third-order valence-electron chi connectivity index (χ3n) is 4.14. The minimum atomic E-state index is -0.389. The lowest BCUT2D eigenvalue weighted by molar-refractivity contribution is 0.1000. The van der Waals surface area contributed by atoms with Gasteiger partial charge in [-0.3, -0.25) is 4.79 Å². The van der Waals surface area contributed by atoms with Gasteiger partial charge in [0.15, 0.2) is 0 Å². The van der Waals surface area contributed by atoms with Gasteiger partial charge in [0.1, 0.15) is 5.82 Å². The van der Waals surface area contributed by atoms with Crippen molar-refractivity contribution in [1.29, 1.82) is 0 Å². The van der Waals surface area contributed by atoms with Gasteiger partial charge in [0.25, 0.3) is 0 Å². The van der Waals surface area contributed by atoms with E-state index in [4.69, 9.17) is 5.73 Å². The maximum absolute atomic E-state index is 11.3. The zero-order chi connectivity index (χ0) is 13.9. The Morgan fingerprint density at radius 2 is 2.25 bits per heavy atom. The average Bonchev–Trinajstić information content (AvgIpc) is 3.30. The molecule has 1 saturated carbocycles. The highest BCUT2D eigenvalue weighted by molar-refractivity contribution is 5.93. The maximum Gasteiger partial charge on any atom is 0.248 e. The summed E-state index contributed by atoms with van der Waals surface area (Å²) in [6.07, 6.45) is 7.91.